The number of hydrogen-bond donors (Lipinski definition) is 1. The highest BCUT2D eigenvalue weighted by molar-refractivity contribution is 7.14. The molecule has 1 N–H and O–H groups in total. The summed E-state index contributed by atoms with van der Waals surface area (Å²) in [5.41, 5.74) is 4.98. The molecule has 3 aromatic carbocycles. The lowest BCUT2D eigenvalue weighted by atomic mass is 9.89. The largest absolute Gasteiger partial charge is 0.481 e. The molecule has 0 aliphatic carbocycles. The summed E-state index contributed by atoms with van der Waals surface area (Å²) in [6.45, 7) is 8.48. The topological polar surface area (TPSA) is 100 Å². The van der Waals surface area contributed by atoms with E-state index in [9.17, 15) is 19.5 Å². The molecule has 1 atom stereocenters. The van der Waals surface area contributed by atoms with Gasteiger partial charge in [-0.2, -0.15) is 0 Å². The zero-order valence-corrected chi connectivity index (χ0v) is 29.8. The lowest BCUT2D eigenvalue weighted by Crippen LogP contribution is -2.55. The number of likely N-dealkylation sites (tertiary alicyclic amines) is 1. The van der Waals surface area contributed by atoms with Crippen LogP contribution in [0.2, 0.25) is 5.02 Å². The van der Waals surface area contributed by atoms with Gasteiger partial charge in [0, 0.05) is 64.4 Å². The number of carboxylic acids is 1. The summed E-state index contributed by atoms with van der Waals surface area (Å²) in [5.74, 6) is -2.38. The Labute approximate surface area is 299 Å². The number of aliphatic carboxylic acids is 1. The molecule has 2 aromatic heterocycles. The van der Waals surface area contributed by atoms with Crippen molar-refractivity contribution in [2.75, 3.05) is 13.1 Å². The van der Waals surface area contributed by atoms with Crippen molar-refractivity contribution in [1.29, 1.82) is 0 Å². The van der Waals surface area contributed by atoms with Gasteiger partial charge in [0.05, 0.1) is 10.8 Å². The molecule has 1 fully saturated rings. The molecule has 1 saturated heterocycles. The van der Waals surface area contributed by atoms with Crippen LogP contribution in [0, 0.1) is 24.6 Å². The van der Waals surface area contributed by atoms with Gasteiger partial charge in [0.2, 0.25) is 5.91 Å². The van der Waals surface area contributed by atoms with Crippen molar-refractivity contribution in [3.63, 3.8) is 0 Å². The molecule has 10 heteroatoms. The van der Waals surface area contributed by atoms with Crippen molar-refractivity contribution in [2.24, 2.45) is 11.8 Å². The van der Waals surface area contributed by atoms with Gasteiger partial charge in [-0.15, -0.1) is 11.3 Å². The molecule has 0 unspecified atom stereocenters. The number of halogens is 2. The summed E-state index contributed by atoms with van der Waals surface area (Å²) >= 11 is 7.60. The van der Waals surface area contributed by atoms with Crippen LogP contribution in [-0.2, 0) is 21.4 Å². The zero-order valence-electron chi connectivity index (χ0n) is 28.2. The molecule has 256 valence electrons. The zero-order chi connectivity index (χ0) is 35.7. The van der Waals surface area contributed by atoms with E-state index in [1.54, 1.807) is 24.5 Å². The van der Waals surface area contributed by atoms with Crippen LogP contribution in [-0.4, -0.2) is 50.7 Å². The van der Waals surface area contributed by atoms with E-state index in [0.29, 0.717) is 33.3 Å². The number of thiophene rings is 1. The van der Waals surface area contributed by atoms with Gasteiger partial charge in [-0.25, -0.2) is 14.4 Å². The highest BCUT2D eigenvalue weighted by atomic mass is 35.5. The van der Waals surface area contributed by atoms with Crippen LogP contribution < -0.4 is 0 Å². The third-order valence-corrected chi connectivity index (χ3v) is 11.0. The molecule has 0 radical (unpaired) electrons. The highest BCUT2D eigenvalue weighted by Gasteiger charge is 2.39. The number of benzene rings is 3. The Morgan fingerprint density at radius 1 is 0.920 bits per heavy atom. The van der Waals surface area contributed by atoms with Crippen molar-refractivity contribution >= 4 is 40.6 Å². The molecular weight excluding hydrogens is 673 g/mol. The van der Waals surface area contributed by atoms with Crippen molar-refractivity contribution < 1.29 is 23.9 Å². The summed E-state index contributed by atoms with van der Waals surface area (Å²) in [7, 11) is 0. The number of carbonyl (C=O) groups is 3. The van der Waals surface area contributed by atoms with E-state index in [1.165, 1.54) is 22.3 Å². The number of aromatic nitrogens is 2. The number of rotatable bonds is 10. The Morgan fingerprint density at radius 3 is 2.16 bits per heavy atom. The minimum absolute atomic E-state index is 0.0281. The third kappa shape index (κ3) is 7.69. The van der Waals surface area contributed by atoms with Crippen LogP contribution in [0.15, 0.2) is 85.2 Å². The first kappa shape index (κ1) is 35.1. The molecule has 5 aromatic rings. The van der Waals surface area contributed by atoms with E-state index < -0.39 is 17.8 Å². The van der Waals surface area contributed by atoms with Crippen LogP contribution in [0.1, 0.15) is 52.9 Å². The second-order valence-corrected chi connectivity index (χ2v) is 15.4. The number of amides is 1. The van der Waals surface area contributed by atoms with Crippen molar-refractivity contribution in [3.8, 4) is 33.6 Å². The van der Waals surface area contributed by atoms with E-state index in [0.717, 1.165) is 32.7 Å². The van der Waals surface area contributed by atoms with E-state index in [4.69, 9.17) is 11.6 Å². The van der Waals surface area contributed by atoms with Gasteiger partial charge in [-0.1, -0.05) is 74.8 Å². The summed E-state index contributed by atoms with van der Waals surface area (Å²) < 4.78 is 15.2. The molecular formula is C40H37ClFN3O4S. The summed E-state index contributed by atoms with van der Waals surface area (Å²) in [6.07, 6.45) is 3.53. The highest BCUT2D eigenvalue weighted by Crippen LogP contribution is 2.33. The van der Waals surface area contributed by atoms with Gasteiger partial charge in [-0.05, 0) is 71.3 Å². The fraction of sp³-hybridized carbons (Fsp3) is 0.275. The number of Topliss-reactive ketones (excluding diaryl/α,β-unsaturated/α-hetero) is 1. The minimum atomic E-state index is -0.923. The third-order valence-electron chi connectivity index (χ3n) is 9.06. The number of carbonyl (C=O) groups excluding carboxylic acids is 2. The lowest BCUT2D eigenvalue weighted by molar-refractivity contribution is -0.154. The normalized spacial score (nSPS) is 13.9. The number of ketones is 1. The maximum absolute atomic E-state index is 15.2. The second kappa shape index (κ2) is 14.2. The Balaban J connectivity index is 1.16. The molecule has 1 amide bonds. The summed E-state index contributed by atoms with van der Waals surface area (Å²) in [4.78, 5) is 50.5. The van der Waals surface area contributed by atoms with Gasteiger partial charge >= 0.3 is 5.97 Å². The molecule has 7 nitrogen and oxygen atoms in total. The van der Waals surface area contributed by atoms with Gasteiger partial charge in [-0.3, -0.25) is 14.4 Å². The first-order chi connectivity index (χ1) is 23.8. The maximum atomic E-state index is 15.2. The standard InChI is InChI=1S/C40H37ClFN3O4S/c1-23-15-26(10-12-32(23)41)27-9-11-31(33(42)17-27)29-19-43-37(44-20-29)25-7-5-24(6-8-25)16-28(38(47)45-21-30(22-45)39(48)49)18-34(46)35-13-14-36(50-35)40(2,3)4/h5-15,17,19-20,28,30H,16,18,21-22H2,1-4H3,(H,48,49)/t28-/m1/s1. The molecule has 0 saturated carbocycles. The maximum Gasteiger partial charge on any atom is 0.310 e. The first-order valence-corrected chi connectivity index (χ1v) is 17.6. The molecule has 1 aliphatic heterocycles. The summed E-state index contributed by atoms with van der Waals surface area (Å²) in [6, 6.07) is 21.9. The fourth-order valence-corrected chi connectivity index (χ4v) is 7.11. The van der Waals surface area contributed by atoms with Crippen LogP contribution in [0.5, 0.6) is 0 Å². The molecule has 1 aliphatic rings. The molecule has 6 rings (SSSR count). The quantitative estimate of drug-likeness (QED) is 0.145. The molecule has 50 heavy (non-hydrogen) atoms. The van der Waals surface area contributed by atoms with E-state index in [2.05, 4.69) is 30.7 Å². The first-order valence-electron chi connectivity index (χ1n) is 16.4. The Bertz CT molecular complexity index is 2070. The number of carboxylic acid groups (broad SMARTS) is 1. The predicted octanol–water partition coefficient (Wildman–Crippen LogP) is 8.91. The van der Waals surface area contributed by atoms with Gasteiger partial charge < -0.3 is 10.0 Å². The van der Waals surface area contributed by atoms with E-state index >= 15 is 4.39 Å². The summed E-state index contributed by atoms with van der Waals surface area (Å²) in [5, 5.41) is 9.98. The average Bonchev–Trinajstić information content (AvgIpc) is 3.57. The fourth-order valence-electron chi connectivity index (χ4n) is 5.98. The smallest absolute Gasteiger partial charge is 0.310 e. The molecule has 0 spiro atoms. The van der Waals surface area contributed by atoms with Crippen molar-refractivity contribution in [2.45, 2.75) is 46.0 Å². The van der Waals surface area contributed by atoms with E-state index in [-0.39, 0.29) is 42.4 Å². The van der Waals surface area contributed by atoms with Crippen LogP contribution in [0.4, 0.5) is 4.39 Å². The Morgan fingerprint density at radius 2 is 1.56 bits per heavy atom. The number of nitrogens with zero attached hydrogens (tertiary/aromatic N) is 3. The lowest BCUT2D eigenvalue weighted by Gasteiger charge is -2.38. The Hall–Kier alpha value is -4.73. The van der Waals surface area contributed by atoms with E-state index in [1.807, 2.05) is 61.5 Å². The van der Waals surface area contributed by atoms with Crippen LogP contribution in [0.25, 0.3) is 33.6 Å². The van der Waals surface area contributed by atoms with Crippen LogP contribution >= 0.6 is 22.9 Å². The SMILES string of the molecule is Cc1cc(-c2ccc(-c3cnc(-c4ccc(C[C@H](CC(=O)c5ccc(C(C)(C)C)s5)C(=O)N5CC(C(=O)O)C5)cc4)nc3)c(F)c2)ccc1Cl. The monoisotopic (exact) mass is 709 g/mol. The second-order valence-electron chi connectivity index (χ2n) is 13.9. The number of hydrogen-bond acceptors (Lipinski definition) is 6. The Kier molecular flexibility index (Phi) is 10.0. The molecule has 3 heterocycles. The van der Waals surface area contributed by atoms with Crippen LogP contribution in [0.3, 0.4) is 0 Å². The average molecular weight is 710 g/mol. The van der Waals surface area contributed by atoms with Crippen molar-refractivity contribution in [3.05, 3.63) is 117 Å². The predicted molar refractivity (Wildman–Crippen MR) is 195 cm³/mol. The van der Waals surface area contributed by atoms with Gasteiger partial charge in [0.15, 0.2) is 11.6 Å². The van der Waals surface area contributed by atoms with Gasteiger partial charge in [0.25, 0.3) is 0 Å². The van der Waals surface area contributed by atoms with Gasteiger partial charge in [0.1, 0.15) is 5.82 Å². The number of aryl methyl sites for hydroxylation is 1. The molecule has 0 bridgehead atoms. The minimum Gasteiger partial charge on any atom is -0.481 e. The van der Waals surface area contributed by atoms with Crippen molar-refractivity contribution in [1.82, 2.24) is 14.9 Å².